The number of benzene rings is 1. The minimum atomic E-state index is -3.70. The molecule has 2 aliphatic rings. The Hall–Kier alpha value is -2.70. The zero-order valence-corrected chi connectivity index (χ0v) is 21.4. The first-order valence-corrected chi connectivity index (χ1v) is 14.4. The van der Waals surface area contributed by atoms with Crippen molar-refractivity contribution in [3.8, 4) is 0 Å². The van der Waals surface area contributed by atoms with Gasteiger partial charge in [-0.15, -0.1) is 0 Å². The fourth-order valence-corrected chi connectivity index (χ4v) is 6.55. The van der Waals surface area contributed by atoms with E-state index >= 15 is 0 Å². The zero-order chi connectivity index (χ0) is 26.3. The third-order valence-corrected chi connectivity index (χ3v) is 10.4. The van der Waals surface area contributed by atoms with Crippen molar-refractivity contribution in [3.05, 3.63) is 54.2 Å². The van der Waals surface area contributed by atoms with Crippen LogP contribution in [0.1, 0.15) is 31.2 Å². The summed E-state index contributed by atoms with van der Waals surface area (Å²) in [6, 6.07) is 8.48. The molecule has 0 bridgehead atoms. The number of carbonyl (C=O) groups is 1. The molecule has 0 saturated heterocycles. The summed E-state index contributed by atoms with van der Waals surface area (Å²) in [5.41, 5.74) is 0.496. The maximum atomic E-state index is 13.8. The molecule has 0 aliphatic heterocycles. The first kappa shape index (κ1) is 26.4. The molecule has 2 saturated carbocycles. The van der Waals surface area contributed by atoms with Gasteiger partial charge in [-0.1, -0.05) is 18.2 Å². The van der Waals surface area contributed by atoms with Crippen molar-refractivity contribution in [2.24, 2.45) is 5.92 Å². The van der Waals surface area contributed by atoms with Crippen molar-refractivity contribution < 1.29 is 30.4 Å². The second-order valence-electron chi connectivity index (χ2n) is 9.23. The van der Waals surface area contributed by atoms with Crippen LogP contribution in [0, 0.1) is 5.92 Å². The monoisotopic (exact) mass is 539 g/mol. The fourth-order valence-electron chi connectivity index (χ4n) is 4.04. The molecule has 1 heterocycles. The molecule has 2 fully saturated rings. The summed E-state index contributed by atoms with van der Waals surface area (Å²) in [4.78, 5) is 17.3. The number of nitrogens with one attached hydrogen (secondary N) is 1. The third kappa shape index (κ3) is 5.50. The number of hydrogen-bond donors (Lipinski definition) is 1. The summed E-state index contributed by atoms with van der Waals surface area (Å²) in [5, 5.41) is 2.20. The minimum absolute atomic E-state index is 0.0531. The van der Waals surface area contributed by atoms with Crippen LogP contribution in [-0.2, 0) is 24.7 Å². The normalized spacial score (nSPS) is 23.1. The number of allylic oxidation sites excluding steroid dienone is 1. The summed E-state index contributed by atoms with van der Waals surface area (Å²) in [6.07, 6.45) is 0.485. The highest BCUT2D eigenvalue weighted by molar-refractivity contribution is 7.92. The Kier molecular flexibility index (Phi) is 7.31. The van der Waals surface area contributed by atoms with Crippen molar-refractivity contribution in [1.29, 1.82) is 0 Å². The molecule has 3 atom stereocenters. The largest absolute Gasteiger partial charge is 0.307 e. The number of pyridine rings is 1. The SMILES string of the molecule is CN(C)S(=O)(=O)c1ccc(NC(=O)C(=CC2C[C@@H](F)[C@@H](F)C2)c2ccc(S(=O)(=O)C3CC3)cc2)nc1. The van der Waals surface area contributed by atoms with Gasteiger partial charge < -0.3 is 5.32 Å². The van der Waals surface area contributed by atoms with Gasteiger partial charge >= 0.3 is 0 Å². The van der Waals surface area contributed by atoms with Gasteiger partial charge in [-0.05, 0) is 61.4 Å². The van der Waals surface area contributed by atoms with E-state index in [0.717, 1.165) is 10.5 Å². The van der Waals surface area contributed by atoms with Crippen LogP contribution in [0.5, 0.6) is 0 Å². The lowest BCUT2D eigenvalue weighted by molar-refractivity contribution is -0.111. The molecule has 12 heteroatoms. The molecule has 1 unspecified atom stereocenters. The molecule has 1 N–H and O–H groups in total. The van der Waals surface area contributed by atoms with Crippen LogP contribution in [0.25, 0.3) is 5.57 Å². The summed E-state index contributed by atoms with van der Waals surface area (Å²) < 4.78 is 78.1. The van der Waals surface area contributed by atoms with Gasteiger partial charge in [-0.3, -0.25) is 4.79 Å². The van der Waals surface area contributed by atoms with E-state index in [2.05, 4.69) is 10.3 Å². The lowest BCUT2D eigenvalue weighted by Crippen LogP contribution is -2.22. The molecule has 2 aliphatic carbocycles. The number of sulfonamides is 1. The summed E-state index contributed by atoms with van der Waals surface area (Å²) >= 11 is 0. The molecule has 8 nitrogen and oxygen atoms in total. The van der Waals surface area contributed by atoms with Crippen LogP contribution in [0.2, 0.25) is 0 Å². The number of amides is 1. The van der Waals surface area contributed by atoms with E-state index in [1.807, 2.05) is 0 Å². The molecule has 2 aromatic rings. The van der Waals surface area contributed by atoms with Crippen molar-refractivity contribution >= 4 is 37.2 Å². The summed E-state index contributed by atoms with van der Waals surface area (Å²) in [6.45, 7) is 0. The number of halogens is 2. The quantitative estimate of drug-likeness (QED) is 0.515. The maximum absolute atomic E-state index is 13.8. The lowest BCUT2D eigenvalue weighted by atomic mass is 9.98. The molecule has 0 radical (unpaired) electrons. The zero-order valence-electron chi connectivity index (χ0n) is 19.8. The minimum Gasteiger partial charge on any atom is -0.307 e. The van der Waals surface area contributed by atoms with Gasteiger partial charge in [0.25, 0.3) is 5.91 Å². The van der Waals surface area contributed by atoms with Crippen LogP contribution >= 0.6 is 0 Å². The lowest BCUT2D eigenvalue weighted by Gasteiger charge is -2.14. The van der Waals surface area contributed by atoms with E-state index in [4.69, 9.17) is 0 Å². The predicted octanol–water partition coefficient (Wildman–Crippen LogP) is 3.38. The Morgan fingerprint density at radius 1 is 0.972 bits per heavy atom. The number of hydrogen-bond acceptors (Lipinski definition) is 6. The summed E-state index contributed by atoms with van der Waals surface area (Å²) in [5.74, 6) is -1.07. The van der Waals surface area contributed by atoms with Crippen LogP contribution in [-0.4, -0.2) is 63.7 Å². The van der Waals surface area contributed by atoms with Gasteiger partial charge in [-0.25, -0.2) is 34.9 Å². The molecular weight excluding hydrogens is 512 g/mol. The van der Waals surface area contributed by atoms with Gasteiger partial charge in [0.15, 0.2) is 9.84 Å². The number of nitrogens with zero attached hydrogens (tertiary/aromatic N) is 2. The van der Waals surface area contributed by atoms with Crippen LogP contribution in [0.4, 0.5) is 14.6 Å². The van der Waals surface area contributed by atoms with Gasteiger partial charge in [0, 0.05) is 25.9 Å². The fraction of sp³-hybridized carbons (Fsp3) is 0.417. The predicted molar refractivity (Wildman–Crippen MR) is 131 cm³/mol. The van der Waals surface area contributed by atoms with Crippen molar-refractivity contribution in [1.82, 2.24) is 9.29 Å². The number of carbonyl (C=O) groups excluding carboxylic acids is 1. The highest BCUT2D eigenvalue weighted by atomic mass is 32.2. The number of aromatic nitrogens is 1. The Balaban J connectivity index is 1.61. The van der Waals surface area contributed by atoms with E-state index in [9.17, 15) is 30.4 Å². The Morgan fingerprint density at radius 2 is 1.56 bits per heavy atom. The van der Waals surface area contributed by atoms with Gasteiger partial charge in [0.2, 0.25) is 10.0 Å². The van der Waals surface area contributed by atoms with Crippen LogP contribution in [0.15, 0.2) is 58.5 Å². The topological polar surface area (TPSA) is 114 Å². The van der Waals surface area contributed by atoms with E-state index < -0.39 is 44.0 Å². The smallest absolute Gasteiger partial charge is 0.257 e. The molecular formula is C24H27F2N3O5S2. The molecule has 0 spiro atoms. The Morgan fingerprint density at radius 3 is 2.06 bits per heavy atom. The average Bonchev–Trinajstić information content (AvgIpc) is 3.64. The standard InChI is InChI=1S/C24H27F2N3O5S2/c1-29(2)36(33,34)19-9-10-23(27-14-19)28-24(30)20(11-15-12-21(25)22(26)13-15)16-3-5-17(6-4-16)35(31,32)18-7-8-18/h3-6,9-11,14-15,18,21-22H,7-8,12-13H2,1-2H3,(H,27,28,30)/t15?,21-,22+. The second kappa shape index (κ2) is 9.98. The van der Waals surface area contributed by atoms with Crippen LogP contribution in [0.3, 0.4) is 0 Å². The van der Waals surface area contributed by atoms with Crippen molar-refractivity contribution in [3.63, 3.8) is 0 Å². The van der Waals surface area contributed by atoms with Gasteiger partial charge in [0.05, 0.1) is 10.1 Å². The molecule has 36 heavy (non-hydrogen) atoms. The third-order valence-electron chi connectivity index (χ3n) is 6.31. The van der Waals surface area contributed by atoms with E-state index in [0.29, 0.717) is 18.4 Å². The molecule has 1 aromatic carbocycles. The number of anilines is 1. The average molecular weight is 540 g/mol. The highest BCUT2D eigenvalue weighted by Crippen LogP contribution is 2.36. The Bertz CT molecular complexity index is 1360. The van der Waals surface area contributed by atoms with E-state index in [1.54, 1.807) is 0 Å². The van der Waals surface area contributed by atoms with Gasteiger partial charge in [-0.2, -0.15) is 0 Å². The van der Waals surface area contributed by atoms with Gasteiger partial charge in [0.1, 0.15) is 23.1 Å². The Labute approximate surface area is 209 Å². The maximum Gasteiger partial charge on any atom is 0.257 e. The van der Waals surface area contributed by atoms with Crippen molar-refractivity contribution in [2.45, 2.75) is 53.1 Å². The number of sulfone groups is 1. The first-order chi connectivity index (χ1) is 16.9. The van der Waals surface area contributed by atoms with Crippen LogP contribution < -0.4 is 5.32 Å². The summed E-state index contributed by atoms with van der Waals surface area (Å²) in [7, 11) is -4.35. The van der Waals surface area contributed by atoms with E-state index in [1.165, 1.54) is 56.6 Å². The number of rotatable bonds is 8. The molecule has 1 amide bonds. The second-order valence-corrected chi connectivity index (χ2v) is 13.6. The van der Waals surface area contributed by atoms with E-state index in [-0.39, 0.29) is 39.3 Å². The molecule has 194 valence electrons. The number of alkyl halides is 2. The highest BCUT2D eigenvalue weighted by Gasteiger charge is 2.37. The first-order valence-electron chi connectivity index (χ1n) is 11.4. The molecule has 4 rings (SSSR count). The van der Waals surface area contributed by atoms with Crippen molar-refractivity contribution in [2.75, 3.05) is 19.4 Å². The molecule has 1 aromatic heterocycles.